The number of fused-ring (bicyclic) bond motifs is 1. The molecule has 0 aliphatic heterocycles. The highest BCUT2D eigenvalue weighted by atomic mass is 79.9. The van der Waals surface area contributed by atoms with Gasteiger partial charge in [0.15, 0.2) is 0 Å². The van der Waals surface area contributed by atoms with Crippen molar-refractivity contribution in [2.75, 3.05) is 0 Å². The highest BCUT2D eigenvalue weighted by Gasteiger charge is 2.00. The molecule has 0 radical (unpaired) electrons. The first-order valence-corrected chi connectivity index (χ1v) is 3.83. The molecule has 11 heavy (non-hydrogen) atoms. The lowest BCUT2D eigenvalue weighted by molar-refractivity contribution is 0.632. The molecule has 0 saturated carbocycles. The summed E-state index contributed by atoms with van der Waals surface area (Å²) < 4.78 is 15.3. The fourth-order valence-electron chi connectivity index (χ4n) is 0.958. The van der Waals surface area contributed by atoms with Gasteiger partial charge in [0.2, 0.25) is 0 Å². The molecule has 0 fully saturated rings. The Kier molecular flexibility index (Phi) is 1.42. The van der Waals surface area contributed by atoms with Crippen LogP contribution >= 0.6 is 15.9 Å². The maximum Gasteiger partial charge on any atom is 0.149 e. The number of halogens is 2. The molecule has 0 bridgehead atoms. The van der Waals surface area contributed by atoms with Gasteiger partial charge in [-0.15, -0.1) is 0 Å². The first-order valence-electron chi connectivity index (χ1n) is 3.04. The molecule has 0 N–H and O–H groups in total. The van der Waals surface area contributed by atoms with E-state index < -0.39 is 0 Å². The molecule has 56 valence electrons. The van der Waals surface area contributed by atoms with E-state index in [1.54, 1.807) is 16.9 Å². The molecule has 0 amide bonds. The van der Waals surface area contributed by atoms with Crippen molar-refractivity contribution < 1.29 is 4.39 Å². The van der Waals surface area contributed by atoms with Crippen LogP contribution in [0.25, 0.3) is 5.52 Å². The summed E-state index contributed by atoms with van der Waals surface area (Å²) in [6.45, 7) is 0. The molecular weight excluding hydrogens is 211 g/mol. The molecule has 2 rings (SSSR count). The van der Waals surface area contributed by atoms with Crippen molar-refractivity contribution in [3.63, 3.8) is 0 Å². The van der Waals surface area contributed by atoms with Crippen molar-refractivity contribution in [1.29, 1.82) is 0 Å². The molecule has 2 nitrogen and oxygen atoms in total. The third-order valence-corrected chi connectivity index (χ3v) is 1.87. The number of hydrogen-bond donors (Lipinski definition) is 0. The number of imidazole rings is 1. The lowest BCUT2D eigenvalue weighted by Crippen LogP contribution is -1.85. The van der Waals surface area contributed by atoms with Crippen LogP contribution < -0.4 is 0 Å². The van der Waals surface area contributed by atoms with Crippen LogP contribution in [-0.2, 0) is 0 Å². The van der Waals surface area contributed by atoms with Gasteiger partial charge in [0.05, 0.1) is 12.5 Å². The summed E-state index contributed by atoms with van der Waals surface area (Å²) in [7, 11) is 0. The van der Waals surface area contributed by atoms with Crippen molar-refractivity contribution in [1.82, 2.24) is 9.38 Å². The number of aromatic nitrogens is 2. The van der Waals surface area contributed by atoms with Gasteiger partial charge in [0.1, 0.15) is 11.3 Å². The molecule has 0 unspecified atom stereocenters. The maximum absolute atomic E-state index is 13.0. The molecular formula is C7H4BrFN2. The molecule has 0 saturated heterocycles. The van der Waals surface area contributed by atoms with Gasteiger partial charge in [-0.1, -0.05) is 0 Å². The molecule has 0 aromatic carbocycles. The second-order valence-corrected chi connectivity index (χ2v) is 3.11. The molecule has 2 heterocycles. The number of rotatable bonds is 0. The molecule has 4 heteroatoms. The Hall–Kier alpha value is -0.900. The van der Waals surface area contributed by atoms with Gasteiger partial charge in [-0.2, -0.15) is 0 Å². The van der Waals surface area contributed by atoms with E-state index in [2.05, 4.69) is 20.9 Å². The minimum Gasteiger partial charge on any atom is -0.303 e. The van der Waals surface area contributed by atoms with Gasteiger partial charge in [-0.3, -0.25) is 0 Å². The van der Waals surface area contributed by atoms with Gasteiger partial charge >= 0.3 is 0 Å². The third-order valence-electron chi connectivity index (χ3n) is 1.44. The Labute approximate surface area is 70.8 Å². The van der Waals surface area contributed by atoms with Crippen LogP contribution in [-0.4, -0.2) is 9.38 Å². The molecule has 0 aliphatic carbocycles. The van der Waals surface area contributed by atoms with Gasteiger partial charge in [0, 0.05) is 10.7 Å². The van der Waals surface area contributed by atoms with Crippen LogP contribution in [0.15, 0.2) is 29.3 Å². The summed E-state index contributed by atoms with van der Waals surface area (Å²) in [5, 5.41) is 0. The van der Waals surface area contributed by atoms with E-state index in [4.69, 9.17) is 0 Å². The Balaban J connectivity index is 2.91. The van der Waals surface area contributed by atoms with Crippen LogP contribution in [0.1, 0.15) is 0 Å². The summed E-state index contributed by atoms with van der Waals surface area (Å²) in [6.07, 6.45) is 4.80. The largest absolute Gasteiger partial charge is 0.303 e. The van der Waals surface area contributed by atoms with Crippen molar-refractivity contribution in [3.8, 4) is 0 Å². The zero-order chi connectivity index (χ0) is 7.84. The average Bonchev–Trinajstić information content (AvgIpc) is 2.34. The van der Waals surface area contributed by atoms with Gasteiger partial charge < -0.3 is 4.40 Å². The molecule has 0 aliphatic rings. The topological polar surface area (TPSA) is 17.3 Å². The van der Waals surface area contributed by atoms with Crippen molar-refractivity contribution in [2.45, 2.75) is 0 Å². The van der Waals surface area contributed by atoms with E-state index in [0.717, 1.165) is 0 Å². The molecule has 2 aromatic rings. The first kappa shape index (κ1) is 6.79. The van der Waals surface area contributed by atoms with E-state index in [1.165, 1.54) is 12.3 Å². The SMILES string of the molecule is Fc1cc(Br)cn2cncc12. The standard InChI is InChI=1S/C7H4BrFN2/c8-5-1-6(9)7-2-10-4-11(7)3-5/h1-4H. The predicted molar refractivity (Wildman–Crippen MR) is 42.9 cm³/mol. The van der Waals surface area contributed by atoms with Crippen LogP contribution in [0.3, 0.4) is 0 Å². The van der Waals surface area contributed by atoms with Gasteiger partial charge in [-0.25, -0.2) is 9.37 Å². The Morgan fingerprint density at radius 3 is 3.18 bits per heavy atom. The lowest BCUT2D eigenvalue weighted by Gasteiger charge is -1.95. The number of pyridine rings is 1. The van der Waals surface area contributed by atoms with Crippen LogP contribution in [0, 0.1) is 5.82 Å². The predicted octanol–water partition coefficient (Wildman–Crippen LogP) is 2.24. The summed E-state index contributed by atoms with van der Waals surface area (Å²) in [5.41, 5.74) is 0.494. The zero-order valence-electron chi connectivity index (χ0n) is 5.46. The van der Waals surface area contributed by atoms with Crippen molar-refractivity contribution in [3.05, 3.63) is 35.1 Å². The normalized spacial score (nSPS) is 10.7. The third kappa shape index (κ3) is 1.03. The zero-order valence-corrected chi connectivity index (χ0v) is 7.05. The molecule has 0 spiro atoms. The van der Waals surface area contributed by atoms with E-state index in [1.807, 2.05) is 0 Å². The van der Waals surface area contributed by atoms with Crippen molar-refractivity contribution in [2.24, 2.45) is 0 Å². The fourth-order valence-corrected chi connectivity index (χ4v) is 1.38. The highest BCUT2D eigenvalue weighted by Crippen LogP contribution is 2.15. The van der Waals surface area contributed by atoms with Crippen LogP contribution in [0.4, 0.5) is 4.39 Å². The van der Waals surface area contributed by atoms with E-state index >= 15 is 0 Å². The number of hydrogen-bond acceptors (Lipinski definition) is 1. The van der Waals surface area contributed by atoms with Gasteiger partial charge in [0.25, 0.3) is 0 Å². The fraction of sp³-hybridized carbons (Fsp3) is 0. The minimum atomic E-state index is -0.267. The van der Waals surface area contributed by atoms with E-state index in [-0.39, 0.29) is 5.82 Å². The Morgan fingerprint density at radius 1 is 1.55 bits per heavy atom. The highest BCUT2D eigenvalue weighted by molar-refractivity contribution is 9.10. The molecule has 2 aromatic heterocycles. The lowest BCUT2D eigenvalue weighted by atomic mass is 10.4. The quantitative estimate of drug-likeness (QED) is 0.658. The minimum absolute atomic E-state index is 0.267. The van der Waals surface area contributed by atoms with Crippen molar-refractivity contribution >= 4 is 21.4 Å². The second kappa shape index (κ2) is 2.30. The molecule has 0 atom stereocenters. The second-order valence-electron chi connectivity index (χ2n) is 2.19. The summed E-state index contributed by atoms with van der Waals surface area (Å²) in [4.78, 5) is 3.81. The summed E-state index contributed by atoms with van der Waals surface area (Å²) in [5.74, 6) is -0.267. The first-order chi connectivity index (χ1) is 5.27. The van der Waals surface area contributed by atoms with E-state index in [9.17, 15) is 4.39 Å². The Bertz CT molecular complexity index is 396. The average molecular weight is 215 g/mol. The summed E-state index contributed by atoms with van der Waals surface area (Å²) in [6, 6.07) is 1.41. The summed E-state index contributed by atoms with van der Waals surface area (Å²) >= 11 is 3.18. The smallest absolute Gasteiger partial charge is 0.149 e. The van der Waals surface area contributed by atoms with Crippen LogP contribution in [0.5, 0.6) is 0 Å². The maximum atomic E-state index is 13.0. The van der Waals surface area contributed by atoms with E-state index in [0.29, 0.717) is 9.99 Å². The monoisotopic (exact) mass is 214 g/mol. The number of nitrogens with zero attached hydrogens (tertiary/aromatic N) is 2. The Morgan fingerprint density at radius 2 is 2.36 bits per heavy atom. The van der Waals surface area contributed by atoms with Gasteiger partial charge in [-0.05, 0) is 22.0 Å². The van der Waals surface area contributed by atoms with Crippen LogP contribution in [0.2, 0.25) is 0 Å².